The predicted octanol–water partition coefficient (Wildman–Crippen LogP) is 5.27. The van der Waals surface area contributed by atoms with E-state index in [-0.39, 0.29) is 5.96 Å². The Balaban J connectivity index is 1.57. The van der Waals surface area contributed by atoms with Crippen LogP contribution in [0, 0.1) is 0 Å². The highest BCUT2D eigenvalue weighted by atomic mass is 15.0. The normalized spacial score (nSPS) is 14.3. The Labute approximate surface area is 184 Å². The molecule has 0 aliphatic heterocycles. The van der Waals surface area contributed by atoms with Crippen LogP contribution in [0.2, 0.25) is 0 Å². The molecule has 160 valence electrons. The zero-order chi connectivity index (χ0) is 21.5. The van der Waals surface area contributed by atoms with Crippen LogP contribution in [0.1, 0.15) is 61.5 Å². The molecule has 0 atom stereocenters. The second-order valence-corrected chi connectivity index (χ2v) is 8.36. The fraction of sp³-hybridized carbons (Fsp3) is 0.346. The third kappa shape index (κ3) is 5.91. The van der Waals surface area contributed by atoms with Crippen molar-refractivity contribution in [1.29, 1.82) is 0 Å². The van der Waals surface area contributed by atoms with Gasteiger partial charge in [-0.25, -0.2) is 15.0 Å². The number of guanidine groups is 1. The molecule has 31 heavy (non-hydrogen) atoms. The number of benzene rings is 2. The lowest BCUT2D eigenvalue weighted by Crippen LogP contribution is -2.21. The van der Waals surface area contributed by atoms with Crippen LogP contribution < -0.4 is 11.5 Å². The molecule has 0 unspecified atom stereocenters. The molecule has 0 radical (unpaired) electrons. The monoisotopic (exact) mass is 413 g/mol. The predicted molar refractivity (Wildman–Crippen MR) is 127 cm³/mol. The molecule has 3 aromatic rings. The Morgan fingerprint density at radius 2 is 1.61 bits per heavy atom. The van der Waals surface area contributed by atoms with Gasteiger partial charge in [0.15, 0.2) is 5.96 Å². The maximum Gasteiger partial charge on any atom is 0.191 e. The standard InChI is InChI=1S/C26H31N5/c27-26(28)30-22-16-14-20(15-17-22)24-18-23(13-7-10-19-8-3-1-4-9-19)29-25(31-24)21-11-5-2-6-12-21/h1,3-4,8-9,14-18,21H,2,5-7,10-13H2,(H4,27,28,30). The van der Waals surface area contributed by atoms with E-state index in [1.807, 2.05) is 24.3 Å². The summed E-state index contributed by atoms with van der Waals surface area (Å²) >= 11 is 0. The van der Waals surface area contributed by atoms with Crippen LogP contribution in [0.5, 0.6) is 0 Å². The van der Waals surface area contributed by atoms with E-state index >= 15 is 0 Å². The number of hydrogen-bond acceptors (Lipinski definition) is 3. The van der Waals surface area contributed by atoms with E-state index < -0.39 is 0 Å². The average molecular weight is 414 g/mol. The molecule has 1 aliphatic carbocycles. The van der Waals surface area contributed by atoms with Crippen LogP contribution in [0.25, 0.3) is 11.3 Å². The molecule has 2 aromatic carbocycles. The lowest BCUT2D eigenvalue weighted by Gasteiger charge is -2.21. The number of nitrogens with zero attached hydrogens (tertiary/aromatic N) is 3. The smallest absolute Gasteiger partial charge is 0.191 e. The molecule has 0 amide bonds. The van der Waals surface area contributed by atoms with Gasteiger partial charge < -0.3 is 11.5 Å². The maximum absolute atomic E-state index is 5.49. The number of nitrogens with two attached hydrogens (primary N) is 2. The fourth-order valence-electron chi connectivity index (χ4n) is 4.31. The molecular weight excluding hydrogens is 382 g/mol. The molecule has 5 nitrogen and oxygen atoms in total. The van der Waals surface area contributed by atoms with Crippen molar-refractivity contribution in [3.05, 3.63) is 77.7 Å². The zero-order valence-electron chi connectivity index (χ0n) is 18.0. The van der Waals surface area contributed by atoms with Crippen molar-refractivity contribution in [3.63, 3.8) is 0 Å². The Hall–Kier alpha value is -3.21. The van der Waals surface area contributed by atoms with Gasteiger partial charge in [0.1, 0.15) is 5.82 Å². The molecule has 1 saturated carbocycles. The van der Waals surface area contributed by atoms with Gasteiger partial charge in [-0.1, -0.05) is 61.7 Å². The molecule has 1 aromatic heterocycles. The van der Waals surface area contributed by atoms with Crippen molar-refractivity contribution >= 4 is 11.6 Å². The van der Waals surface area contributed by atoms with Gasteiger partial charge in [-0.05, 0) is 55.9 Å². The van der Waals surface area contributed by atoms with Crippen molar-refractivity contribution in [2.24, 2.45) is 16.5 Å². The van der Waals surface area contributed by atoms with Crippen molar-refractivity contribution in [3.8, 4) is 11.3 Å². The molecule has 4 rings (SSSR count). The number of hydrogen-bond donors (Lipinski definition) is 2. The molecule has 0 saturated heterocycles. The molecule has 5 heteroatoms. The first-order valence-electron chi connectivity index (χ1n) is 11.3. The fourth-order valence-corrected chi connectivity index (χ4v) is 4.31. The van der Waals surface area contributed by atoms with Gasteiger partial charge >= 0.3 is 0 Å². The van der Waals surface area contributed by atoms with Crippen LogP contribution in [0.15, 0.2) is 65.7 Å². The van der Waals surface area contributed by atoms with Crippen LogP contribution in [0.4, 0.5) is 5.69 Å². The first kappa shape index (κ1) is 21.0. The van der Waals surface area contributed by atoms with E-state index in [1.54, 1.807) is 0 Å². The van der Waals surface area contributed by atoms with Crippen LogP contribution in [-0.2, 0) is 12.8 Å². The van der Waals surface area contributed by atoms with E-state index in [9.17, 15) is 0 Å². The summed E-state index contributed by atoms with van der Waals surface area (Å²) in [5.74, 6) is 1.55. The molecule has 1 aliphatic rings. The lowest BCUT2D eigenvalue weighted by atomic mass is 9.88. The van der Waals surface area contributed by atoms with Crippen molar-refractivity contribution < 1.29 is 0 Å². The highest BCUT2D eigenvalue weighted by Crippen LogP contribution is 2.32. The minimum absolute atomic E-state index is 0.0649. The summed E-state index contributed by atoms with van der Waals surface area (Å²) < 4.78 is 0. The summed E-state index contributed by atoms with van der Waals surface area (Å²) in [5, 5.41) is 0. The number of aromatic nitrogens is 2. The van der Waals surface area contributed by atoms with Gasteiger partial charge in [-0.3, -0.25) is 0 Å². The summed E-state index contributed by atoms with van der Waals surface area (Å²) in [4.78, 5) is 14.1. The van der Waals surface area contributed by atoms with Crippen molar-refractivity contribution in [1.82, 2.24) is 9.97 Å². The largest absolute Gasteiger partial charge is 0.370 e. The summed E-state index contributed by atoms with van der Waals surface area (Å²) in [6.07, 6.45) is 9.35. The highest BCUT2D eigenvalue weighted by Gasteiger charge is 2.20. The topological polar surface area (TPSA) is 90.2 Å². The van der Waals surface area contributed by atoms with Crippen LogP contribution in [0.3, 0.4) is 0 Å². The van der Waals surface area contributed by atoms with Gasteiger partial charge in [0.25, 0.3) is 0 Å². The lowest BCUT2D eigenvalue weighted by molar-refractivity contribution is 0.428. The van der Waals surface area contributed by atoms with Crippen molar-refractivity contribution in [2.75, 3.05) is 0 Å². The quantitative estimate of drug-likeness (QED) is 0.408. The van der Waals surface area contributed by atoms with E-state index in [2.05, 4.69) is 41.4 Å². The SMILES string of the molecule is NC(N)=Nc1ccc(-c2cc(CCCc3ccccc3)nc(C3CCCCC3)n2)cc1. The minimum Gasteiger partial charge on any atom is -0.370 e. The summed E-state index contributed by atoms with van der Waals surface area (Å²) in [5.41, 5.74) is 16.3. The van der Waals surface area contributed by atoms with E-state index in [4.69, 9.17) is 21.4 Å². The summed E-state index contributed by atoms with van der Waals surface area (Å²) in [6.45, 7) is 0. The number of aryl methyl sites for hydroxylation is 2. The Morgan fingerprint density at radius 1 is 0.871 bits per heavy atom. The second kappa shape index (κ2) is 10.2. The summed E-state index contributed by atoms with van der Waals surface area (Å²) in [6, 6.07) is 20.7. The minimum atomic E-state index is 0.0649. The van der Waals surface area contributed by atoms with E-state index in [0.717, 1.165) is 47.7 Å². The first-order chi connectivity index (χ1) is 15.2. The van der Waals surface area contributed by atoms with Gasteiger partial charge in [0.2, 0.25) is 0 Å². The van der Waals surface area contributed by atoms with E-state index in [1.165, 1.54) is 37.7 Å². The Bertz CT molecular complexity index is 1000. The second-order valence-electron chi connectivity index (χ2n) is 8.36. The molecular formula is C26H31N5. The van der Waals surface area contributed by atoms with Gasteiger partial charge in [-0.15, -0.1) is 0 Å². The maximum atomic E-state index is 5.49. The third-order valence-electron chi connectivity index (χ3n) is 5.93. The van der Waals surface area contributed by atoms with Crippen molar-refractivity contribution in [2.45, 2.75) is 57.3 Å². The summed E-state index contributed by atoms with van der Waals surface area (Å²) in [7, 11) is 0. The number of aliphatic imine (C=N–C) groups is 1. The van der Waals surface area contributed by atoms with Gasteiger partial charge in [0, 0.05) is 17.2 Å². The molecule has 1 fully saturated rings. The third-order valence-corrected chi connectivity index (χ3v) is 5.93. The molecule has 4 N–H and O–H groups in total. The highest BCUT2D eigenvalue weighted by molar-refractivity contribution is 5.79. The Morgan fingerprint density at radius 3 is 2.32 bits per heavy atom. The van der Waals surface area contributed by atoms with Crippen LogP contribution in [-0.4, -0.2) is 15.9 Å². The first-order valence-corrected chi connectivity index (χ1v) is 11.3. The average Bonchev–Trinajstić information content (AvgIpc) is 2.80. The zero-order valence-corrected chi connectivity index (χ0v) is 18.0. The van der Waals surface area contributed by atoms with E-state index in [0.29, 0.717) is 5.92 Å². The van der Waals surface area contributed by atoms with Crippen LogP contribution >= 0.6 is 0 Å². The molecule has 0 bridgehead atoms. The Kier molecular flexibility index (Phi) is 6.92. The number of rotatable bonds is 7. The van der Waals surface area contributed by atoms with Gasteiger partial charge in [0.05, 0.1) is 11.4 Å². The molecule has 0 spiro atoms. The molecule has 1 heterocycles. The van der Waals surface area contributed by atoms with Gasteiger partial charge in [-0.2, -0.15) is 0 Å².